The van der Waals surface area contributed by atoms with Crippen LogP contribution in [0.4, 0.5) is 47.4 Å². The van der Waals surface area contributed by atoms with E-state index in [9.17, 15) is 35.9 Å². The quantitative estimate of drug-likeness (QED) is 0.247. The molecule has 4 heterocycles. The van der Waals surface area contributed by atoms with Crippen molar-refractivity contribution < 1.29 is 40.7 Å². The summed E-state index contributed by atoms with van der Waals surface area (Å²) in [5, 5.41) is 4.54. The van der Waals surface area contributed by atoms with Crippen LogP contribution in [0.1, 0.15) is 62.3 Å². The van der Waals surface area contributed by atoms with Gasteiger partial charge in [-0.2, -0.15) is 18.3 Å². The summed E-state index contributed by atoms with van der Waals surface area (Å²) in [7, 11) is 0. The third-order valence-electron chi connectivity index (χ3n) is 9.35. The van der Waals surface area contributed by atoms with Crippen molar-refractivity contribution >= 4 is 23.6 Å². The number of nitrogens with zero attached hydrogens (tertiary/aromatic N) is 6. The molecule has 50 heavy (non-hydrogen) atoms. The minimum absolute atomic E-state index is 0.0889. The van der Waals surface area contributed by atoms with Crippen molar-refractivity contribution in [3.05, 3.63) is 76.7 Å². The number of likely N-dealkylation sites (tertiary alicyclic amines) is 1. The van der Waals surface area contributed by atoms with Gasteiger partial charge in [0.05, 0.1) is 43.5 Å². The number of para-hydroxylation sites is 1. The number of rotatable bonds is 6. The summed E-state index contributed by atoms with van der Waals surface area (Å²) in [5.41, 5.74) is -0.120. The average Bonchev–Trinajstić information content (AvgIpc) is 3.56. The summed E-state index contributed by atoms with van der Waals surface area (Å²) in [6.07, 6.45) is -3.63. The Balaban J connectivity index is 1.29. The van der Waals surface area contributed by atoms with Crippen LogP contribution < -0.4 is 9.80 Å². The van der Waals surface area contributed by atoms with Crippen molar-refractivity contribution in [2.24, 2.45) is 0 Å². The second-order valence-corrected chi connectivity index (χ2v) is 14.3. The lowest BCUT2D eigenvalue weighted by atomic mass is 10.00. The molecule has 0 N–H and O–H groups in total. The van der Waals surface area contributed by atoms with Gasteiger partial charge in [-0.05, 0) is 63.8 Å². The van der Waals surface area contributed by atoms with Crippen LogP contribution in [0.2, 0.25) is 0 Å². The van der Waals surface area contributed by atoms with Crippen LogP contribution in [0.15, 0.2) is 48.7 Å². The van der Waals surface area contributed by atoms with Gasteiger partial charge in [-0.1, -0.05) is 30.3 Å². The van der Waals surface area contributed by atoms with E-state index in [1.165, 1.54) is 33.8 Å². The zero-order valence-corrected chi connectivity index (χ0v) is 28.3. The van der Waals surface area contributed by atoms with Gasteiger partial charge in [0, 0.05) is 37.3 Å². The summed E-state index contributed by atoms with van der Waals surface area (Å²) < 4.78 is 92.9. The lowest BCUT2D eigenvalue weighted by Crippen LogP contribution is -2.54. The number of aryl methyl sites for hydroxylation is 1. The number of carbonyl (C=O) groups is 2. The molecule has 0 unspecified atom stereocenters. The third-order valence-corrected chi connectivity index (χ3v) is 9.35. The van der Waals surface area contributed by atoms with Gasteiger partial charge >= 0.3 is 18.3 Å². The van der Waals surface area contributed by atoms with E-state index in [-0.39, 0.29) is 36.3 Å². The number of aromatic nitrogens is 2. The third kappa shape index (κ3) is 7.36. The summed E-state index contributed by atoms with van der Waals surface area (Å²) in [4.78, 5) is 32.8. The van der Waals surface area contributed by atoms with E-state index in [1.54, 1.807) is 37.9 Å². The zero-order valence-electron chi connectivity index (χ0n) is 28.3. The molecule has 2 fully saturated rings. The fourth-order valence-electron chi connectivity index (χ4n) is 7.15. The molecule has 1 aromatic heterocycles. The van der Waals surface area contributed by atoms with E-state index in [1.807, 2.05) is 17.9 Å². The Morgan fingerprint density at radius 2 is 1.74 bits per heavy atom. The zero-order chi connectivity index (χ0) is 36.2. The minimum Gasteiger partial charge on any atom is -0.444 e. The standard InChI is InChI=1S/C35H40F6N6O3/c1-22-8-7-11-28(36)29(22)43-14-12-25(13-15-43)45-19-24-17-44(20-26-16-34(37,38)21-47(26)32(49)50-33(2,3)4)42-30(24)46(31(45)48)18-23-9-5-6-10-27(23)35(39,40)41/h5-11,17,25-26H,12-16,18-21H2,1-4H3/t26-/m1/s1. The molecule has 15 heteroatoms. The van der Waals surface area contributed by atoms with Gasteiger partial charge in [0.15, 0.2) is 5.82 Å². The van der Waals surface area contributed by atoms with Crippen molar-refractivity contribution in [1.82, 2.24) is 19.6 Å². The van der Waals surface area contributed by atoms with Gasteiger partial charge in [-0.15, -0.1) is 0 Å². The first-order valence-corrected chi connectivity index (χ1v) is 16.6. The van der Waals surface area contributed by atoms with Crippen LogP contribution in [0.25, 0.3) is 0 Å². The average molecular weight is 707 g/mol. The highest BCUT2D eigenvalue weighted by Gasteiger charge is 2.49. The molecular weight excluding hydrogens is 666 g/mol. The second kappa shape index (κ2) is 13.0. The molecule has 1 atom stereocenters. The van der Waals surface area contributed by atoms with Crippen molar-refractivity contribution in [3.63, 3.8) is 0 Å². The Morgan fingerprint density at radius 3 is 2.40 bits per heavy atom. The Kier molecular flexibility index (Phi) is 9.23. The Labute approximate surface area is 286 Å². The minimum atomic E-state index is -4.67. The summed E-state index contributed by atoms with van der Waals surface area (Å²) in [6, 6.07) is 8.03. The number of anilines is 2. The van der Waals surface area contributed by atoms with Crippen molar-refractivity contribution in [3.8, 4) is 0 Å². The number of amides is 3. The van der Waals surface area contributed by atoms with Crippen molar-refractivity contribution in [1.29, 1.82) is 0 Å². The van der Waals surface area contributed by atoms with E-state index in [2.05, 4.69) is 5.10 Å². The van der Waals surface area contributed by atoms with E-state index in [0.29, 0.717) is 37.2 Å². The summed E-state index contributed by atoms with van der Waals surface area (Å²) in [6.45, 7) is 6.31. The Bertz CT molecular complexity index is 1730. The Morgan fingerprint density at radius 1 is 1.04 bits per heavy atom. The lowest BCUT2D eigenvalue weighted by molar-refractivity contribution is -0.138. The smallest absolute Gasteiger partial charge is 0.416 e. The van der Waals surface area contributed by atoms with Gasteiger partial charge in [-0.3, -0.25) is 14.5 Å². The summed E-state index contributed by atoms with van der Waals surface area (Å²) in [5.74, 6) is -3.38. The maximum absolute atomic E-state index is 14.7. The number of fused-ring (bicyclic) bond motifs is 1. The first-order chi connectivity index (χ1) is 23.4. The lowest BCUT2D eigenvalue weighted by Gasteiger charge is -2.43. The first-order valence-electron chi connectivity index (χ1n) is 16.6. The van der Waals surface area contributed by atoms with E-state index >= 15 is 0 Å². The number of halogens is 6. The number of hydrogen-bond acceptors (Lipinski definition) is 5. The van der Waals surface area contributed by atoms with Gasteiger partial charge in [-0.25, -0.2) is 22.8 Å². The van der Waals surface area contributed by atoms with Crippen LogP contribution in [0.5, 0.6) is 0 Å². The molecule has 270 valence electrons. The molecule has 3 aromatic rings. The number of alkyl halides is 5. The van der Waals surface area contributed by atoms with Crippen molar-refractivity contribution in [2.75, 3.05) is 29.4 Å². The highest BCUT2D eigenvalue weighted by molar-refractivity contribution is 5.94. The highest BCUT2D eigenvalue weighted by atomic mass is 19.4. The molecule has 3 aliphatic heterocycles. The topological polar surface area (TPSA) is 74.2 Å². The molecule has 3 amide bonds. The number of hydrogen-bond donors (Lipinski definition) is 0. The molecule has 0 radical (unpaired) electrons. The van der Waals surface area contributed by atoms with Crippen LogP contribution in [-0.4, -0.2) is 74.9 Å². The van der Waals surface area contributed by atoms with E-state index in [4.69, 9.17) is 4.74 Å². The fraction of sp³-hybridized carbons (Fsp3) is 0.514. The number of piperidine rings is 1. The van der Waals surface area contributed by atoms with Gasteiger partial charge in [0.2, 0.25) is 0 Å². The second-order valence-electron chi connectivity index (χ2n) is 14.3. The molecule has 3 aliphatic rings. The molecule has 0 aliphatic carbocycles. The highest BCUT2D eigenvalue weighted by Crippen LogP contribution is 2.38. The maximum atomic E-state index is 14.7. The monoisotopic (exact) mass is 706 g/mol. The largest absolute Gasteiger partial charge is 0.444 e. The molecule has 2 saturated heterocycles. The number of urea groups is 1. The predicted octanol–water partition coefficient (Wildman–Crippen LogP) is 7.61. The van der Waals surface area contributed by atoms with Crippen LogP contribution >= 0.6 is 0 Å². The molecule has 0 bridgehead atoms. The number of carbonyl (C=O) groups excluding carboxylic acids is 2. The molecule has 0 saturated carbocycles. The van der Waals surface area contributed by atoms with Gasteiger partial charge in [0.1, 0.15) is 11.4 Å². The van der Waals surface area contributed by atoms with Gasteiger partial charge in [0.25, 0.3) is 5.92 Å². The van der Waals surface area contributed by atoms with Crippen LogP contribution in [0.3, 0.4) is 0 Å². The normalized spacial score (nSPS) is 20.0. The number of ether oxygens (including phenoxy) is 1. The van der Waals surface area contributed by atoms with E-state index in [0.717, 1.165) is 16.5 Å². The fourth-order valence-corrected chi connectivity index (χ4v) is 7.15. The SMILES string of the molecule is Cc1cccc(F)c1N1CCC(N2Cc3cn(C[C@H]4CC(F)(F)CN4C(=O)OC(C)(C)C)nc3N(Cc3ccccc3C(F)(F)F)C2=O)CC1. The number of benzene rings is 2. The van der Waals surface area contributed by atoms with Gasteiger partial charge < -0.3 is 14.5 Å². The summed E-state index contributed by atoms with van der Waals surface area (Å²) >= 11 is 0. The molecule has 0 spiro atoms. The first kappa shape index (κ1) is 35.4. The van der Waals surface area contributed by atoms with Crippen molar-refractivity contribution in [2.45, 2.75) is 96.4 Å². The molecule has 2 aromatic carbocycles. The van der Waals surface area contributed by atoms with E-state index < -0.39 is 60.9 Å². The predicted molar refractivity (Wildman–Crippen MR) is 173 cm³/mol. The molecular formula is C35H40F6N6O3. The molecule has 6 rings (SSSR count). The van der Waals surface area contributed by atoms with Crippen LogP contribution in [0, 0.1) is 12.7 Å². The Hall–Kier alpha value is -4.43. The maximum Gasteiger partial charge on any atom is 0.416 e. The molecule has 9 nitrogen and oxygen atoms in total. The van der Waals surface area contributed by atoms with Crippen LogP contribution in [-0.2, 0) is 30.5 Å².